The minimum atomic E-state index is -3.81. The zero-order valence-corrected chi connectivity index (χ0v) is 14.1. The van der Waals surface area contributed by atoms with Crippen molar-refractivity contribution in [2.75, 3.05) is 20.2 Å². The van der Waals surface area contributed by atoms with Crippen molar-refractivity contribution in [3.63, 3.8) is 0 Å². The summed E-state index contributed by atoms with van der Waals surface area (Å²) in [7, 11) is -2.59. The number of furan rings is 1. The number of ether oxygens (including phenoxy) is 1. The molecule has 0 spiro atoms. The first kappa shape index (κ1) is 17.3. The molecule has 2 N–H and O–H groups in total. The lowest BCUT2D eigenvalue weighted by atomic mass is 10.2. The van der Waals surface area contributed by atoms with Gasteiger partial charge in [-0.15, -0.1) is 12.4 Å². The molecule has 1 saturated heterocycles. The second-order valence-electron chi connectivity index (χ2n) is 5.54. The van der Waals surface area contributed by atoms with Crippen LogP contribution in [0.25, 0.3) is 0 Å². The Bertz CT molecular complexity index is 690. The zero-order chi connectivity index (χ0) is 15.4. The summed E-state index contributed by atoms with van der Waals surface area (Å²) >= 11 is 0. The number of piperidine rings is 1. The van der Waals surface area contributed by atoms with E-state index in [-0.39, 0.29) is 40.4 Å². The molecular formula is C13H19ClN2O5S. The van der Waals surface area contributed by atoms with Crippen LogP contribution in [0, 0.1) is 25.7 Å². The van der Waals surface area contributed by atoms with Crippen LogP contribution in [0.3, 0.4) is 0 Å². The summed E-state index contributed by atoms with van der Waals surface area (Å²) in [6.45, 7) is 4.73. The number of hydrogen-bond acceptors (Lipinski definition) is 6. The van der Waals surface area contributed by atoms with Gasteiger partial charge in [0.1, 0.15) is 22.0 Å². The van der Waals surface area contributed by atoms with Crippen LogP contribution >= 0.6 is 12.4 Å². The minimum Gasteiger partial charge on any atom is -0.465 e. The summed E-state index contributed by atoms with van der Waals surface area (Å²) in [4.78, 5) is 11.7. The van der Waals surface area contributed by atoms with Crippen molar-refractivity contribution >= 4 is 28.4 Å². The number of rotatable bonds is 4. The van der Waals surface area contributed by atoms with Crippen LogP contribution in [0.4, 0.5) is 0 Å². The second kappa shape index (κ2) is 5.84. The lowest BCUT2D eigenvalue weighted by Crippen LogP contribution is -2.33. The van der Waals surface area contributed by atoms with Gasteiger partial charge in [-0.3, -0.25) is 0 Å². The monoisotopic (exact) mass is 350 g/mol. The number of sulfonamides is 1. The van der Waals surface area contributed by atoms with Crippen molar-refractivity contribution in [3.05, 3.63) is 17.1 Å². The molecule has 0 bridgehead atoms. The summed E-state index contributed by atoms with van der Waals surface area (Å²) in [6, 6.07) is -0.0589. The third kappa shape index (κ3) is 2.64. The molecule has 2 aliphatic rings. The van der Waals surface area contributed by atoms with E-state index in [2.05, 4.69) is 14.8 Å². The molecular weight excluding hydrogens is 332 g/mol. The largest absolute Gasteiger partial charge is 0.465 e. The summed E-state index contributed by atoms with van der Waals surface area (Å²) in [5, 5.41) is 3.20. The highest BCUT2D eigenvalue weighted by molar-refractivity contribution is 7.89. The molecule has 9 heteroatoms. The van der Waals surface area contributed by atoms with Crippen LogP contribution < -0.4 is 10.0 Å². The van der Waals surface area contributed by atoms with Crippen LogP contribution in [0.1, 0.15) is 21.9 Å². The Morgan fingerprint density at radius 2 is 1.86 bits per heavy atom. The molecule has 22 heavy (non-hydrogen) atoms. The maximum atomic E-state index is 12.6. The van der Waals surface area contributed by atoms with Gasteiger partial charge in [-0.25, -0.2) is 17.9 Å². The van der Waals surface area contributed by atoms with E-state index < -0.39 is 16.0 Å². The maximum Gasteiger partial charge on any atom is 0.342 e. The van der Waals surface area contributed by atoms with Crippen molar-refractivity contribution in [2.24, 2.45) is 11.8 Å². The van der Waals surface area contributed by atoms with Gasteiger partial charge >= 0.3 is 5.97 Å². The number of esters is 1. The Labute approximate surface area is 135 Å². The fourth-order valence-electron chi connectivity index (χ4n) is 3.16. The first-order valence-corrected chi connectivity index (χ1v) is 8.26. The van der Waals surface area contributed by atoms with E-state index in [1.54, 1.807) is 6.92 Å². The summed E-state index contributed by atoms with van der Waals surface area (Å²) < 4.78 is 37.8. The van der Waals surface area contributed by atoms with Crippen LogP contribution in [0.5, 0.6) is 0 Å². The molecule has 1 aliphatic heterocycles. The highest BCUT2D eigenvalue weighted by atomic mass is 35.5. The topological polar surface area (TPSA) is 97.6 Å². The van der Waals surface area contributed by atoms with E-state index in [1.165, 1.54) is 14.0 Å². The number of methoxy groups -OCH3 is 1. The van der Waals surface area contributed by atoms with E-state index in [1.807, 2.05) is 0 Å². The predicted octanol–water partition coefficient (Wildman–Crippen LogP) is 0.601. The van der Waals surface area contributed by atoms with Crippen molar-refractivity contribution in [2.45, 2.75) is 24.8 Å². The summed E-state index contributed by atoms with van der Waals surface area (Å²) in [5.74, 6) is 0.424. The molecule has 2 heterocycles. The van der Waals surface area contributed by atoms with Gasteiger partial charge in [-0.1, -0.05) is 0 Å². The molecule has 0 aromatic carbocycles. The predicted molar refractivity (Wildman–Crippen MR) is 80.7 cm³/mol. The van der Waals surface area contributed by atoms with Crippen LogP contribution in [-0.2, 0) is 14.8 Å². The van der Waals surface area contributed by atoms with Crippen molar-refractivity contribution < 1.29 is 22.4 Å². The van der Waals surface area contributed by atoms with Gasteiger partial charge in [-0.05, 0) is 38.8 Å². The molecule has 1 aliphatic carbocycles. The highest BCUT2D eigenvalue weighted by Gasteiger charge is 2.55. The number of halogens is 1. The standard InChI is InChI=1S/C13H18N2O5S.ClH/c1-6-10(13(16)19-3)12(7(2)20-6)21(17,18)15-11-8-4-14-5-9(8)11;/h8-9,11,14-15H,4-5H2,1-3H3;1H. The number of carbonyl (C=O) groups is 1. The highest BCUT2D eigenvalue weighted by Crippen LogP contribution is 2.43. The first-order chi connectivity index (χ1) is 9.86. The summed E-state index contributed by atoms with van der Waals surface area (Å²) in [5.41, 5.74) is -0.0218. The smallest absolute Gasteiger partial charge is 0.342 e. The fourth-order valence-corrected chi connectivity index (χ4v) is 4.90. The quantitative estimate of drug-likeness (QED) is 0.772. The number of hydrogen-bond donors (Lipinski definition) is 2. The molecule has 2 unspecified atom stereocenters. The van der Waals surface area contributed by atoms with Crippen molar-refractivity contribution in [1.82, 2.24) is 10.0 Å². The molecule has 0 amide bonds. The minimum absolute atomic E-state index is 0. The summed E-state index contributed by atoms with van der Waals surface area (Å²) in [6.07, 6.45) is 0. The third-order valence-electron chi connectivity index (χ3n) is 4.25. The molecule has 124 valence electrons. The number of aryl methyl sites for hydroxylation is 2. The van der Waals surface area contributed by atoms with E-state index in [0.29, 0.717) is 11.8 Å². The molecule has 1 aromatic rings. The van der Waals surface area contributed by atoms with Gasteiger partial charge in [0.05, 0.1) is 7.11 Å². The Morgan fingerprint density at radius 3 is 2.41 bits per heavy atom. The fraction of sp³-hybridized carbons (Fsp3) is 0.615. The van der Waals surface area contributed by atoms with Gasteiger partial charge in [0.15, 0.2) is 0 Å². The Morgan fingerprint density at radius 1 is 1.27 bits per heavy atom. The number of nitrogens with one attached hydrogen (secondary N) is 2. The van der Waals surface area contributed by atoms with Crippen LogP contribution in [0.2, 0.25) is 0 Å². The lowest BCUT2D eigenvalue weighted by Gasteiger charge is -2.09. The number of carbonyl (C=O) groups excluding carboxylic acids is 1. The zero-order valence-electron chi connectivity index (χ0n) is 12.5. The van der Waals surface area contributed by atoms with Crippen LogP contribution in [-0.4, -0.2) is 40.6 Å². The second-order valence-corrected chi connectivity index (χ2v) is 7.19. The van der Waals surface area contributed by atoms with E-state index in [4.69, 9.17) is 4.42 Å². The molecule has 2 fully saturated rings. The van der Waals surface area contributed by atoms with Crippen molar-refractivity contribution in [3.8, 4) is 0 Å². The third-order valence-corrected chi connectivity index (χ3v) is 5.86. The number of fused-ring (bicyclic) bond motifs is 1. The van der Waals surface area contributed by atoms with Gasteiger partial charge in [0, 0.05) is 6.04 Å². The molecule has 2 atom stereocenters. The van der Waals surface area contributed by atoms with Crippen molar-refractivity contribution in [1.29, 1.82) is 0 Å². The normalized spacial score (nSPS) is 26.2. The first-order valence-electron chi connectivity index (χ1n) is 6.78. The molecule has 3 rings (SSSR count). The maximum absolute atomic E-state index is 12.6. The van der Waals surface area contributed by atoms with E-state index in [0.717, 1.165) is 13.1 Å². The molecule has 1 aromatic heterocycles. The van der Waals surface area contributed by atoms with Gasteiger partial charge in [0.2, 0.25) is 10.0 Å². The average Bonchev–Trinajstić information content (AvgIpc) is 2.81. The van der Waals surface area contributed by atoms with Gasteiger partial charge in [0.25, 0.3) is 0 Å². The SMILES string of the molecule is COC(=O)c1c(C)oc(C)c1S(=O)(=O)NC1C2CNCC21.Cl. The van der Waals surface area contributed by atoms with E-state index in [9.17, 15) is 13.2 Å². The van der Waals surface area contributed by atoms with Gasteiger partial charge in [-0.2, -0.15) is 0 Å². The average molecular weight is 351 g/mol. The Hall–Kier alpha value is -1.09. The van der Waals surface area contributed by atoms with Gasteiger partial charge < -0.3 is 14.5 Å². The molecule has 7 nitrogen and oxygen atoms in total. The Balaban J connectivity index is 0.00000176. The van der Waals surface area contributed by atoms with E-state index >= 15 is 0 Å². The molecule has 1 saturated carbocycles. The molecule has 0 radical (unpaired) electrons. The van der Waals surface area contributed by atoms with Crippen LogP contribution in [0.15, 0.2) is 9.31 Å². The Kier molecular flexibility index (Phi) is 4.59. The lowest BCUT2D eigenvalue weighted by molar-refractivity contribution is 0.0595.